The number of ether oxygens (including phenoxy) is 1. The quantitative estimate of drug-likeness (QED) is 0.877. The maximum absolute atomic E-state index is 6.03. The van der Waals surface area contributed by atoms with E-state index in [1.165, 1.54) is 24.8 Å². The van der Waals surface area contributed by atoms with Crippen molar-refractivity contribution in [1.29, 1.82) is 0 Å². The molecular formula is C17H25ClN2O. The Hall–Kier alpha value is -0.610. The second-order valence-corrected chi connectivity index (χ2v) is 6.61. The average molecular weight is 309 g/mol. The summed E-state index contributed by atoms with van der Waals surface area (Å²) in [5, 5.41) is 8.21. The number of rotatable bonds is 5. The third kappa shape index (κ3) is 4.19. The topological polar surface area (TPSA) is 33.3 Å². The molecule has 2 fully saturated rings. The molecule has 1 aromatic rings. The monoisotopic (exact) mass is 308 g/mol. The van der Waals surface area contributed by atoms with E-state index in [-0.39, 0.29) is 0 Å². The first-order valence-corrected chi connectivity index (χ1v) is 8.50. The number of hydrogen-bond donors (Lipinski definition) is 2. The first-order chi connectivity index (χ1) is 10.3. The van der Waals surface area contributed by atoms with E-state index in [0.29, 0.717) is 18.0 Å². The minimum absolute atomic E-state index is 0.532. The highest BCUT2D eigenvalue weighted by molar-refractivity contribution is 6.30. The van der Waals surface area contributed by atoms with E-state index in [4.69, 9.17) is 16.3 Å². The molecule has 0 spiro atoms. The lowest BCUT2D eigenvalue weighted by Crippen LogP contribution is -2.51. The van der Waals surface area contributed by atoms with Crippen LogP contribution < -0.4 is 10.6 Å². The number of nitrogens with one attached hydrogen (secondary N) is 2. The normalized spacial score (nSPS) is 29.7. The van der Waals surface area contributed by atoms with Crippen LogP contribution in [0.25, 0.3) is 0 Å². The van der Waals surface area contributed by atoms with Gasteiger partial charge in [0.15, 0.2) is 0 Å². The summed E-state index contributed by atoms with van der Waals surface area (Å²) in [4.78, 5) is 0. The molecule has 116 valence electrons. The Morgan fingerprint density at radius 1 is 1.33 bits per heavy atom. The highest BCUT2D eigenvalue weighted by Crippen LogP contribution is 2.29. The van der Waals surface area contributed by atoms with E-state index in [9.17, 15) is 0 Å². The largest absolute Gasteiger partial charge is 0.379 e. The molecule has 3 unspecified atom stereocenters. The van der Waals surface area contributed by atoms with Gasteiger partial charge in [-0.05, 0) is 49.4 Å². The van der Waals surface area contributed by atoms with Crippen LogP contribution in [0.3, 0.4) is 0 Å². The Labute approximate surface area is 132 Å². The first-order valence-electron chi connectivity index (χ1n) is 8.12. The Morgan fingerprint density at radius 3 is 3.10 bits per heavy atom. The molecule has 3 atom stereocenters. The number of morpholine rings is 1. The van der Waals surface area contributed by atoms with Crippen LogP contribution in [0.15, 0.2) is 24.3 Å². The van der Waals surface area contributed by atoms with Gasteiger partial charge in [0.25, 0.3) is 0 Å². The molecule has 1 heterocycles. The lowest BCUT2D eigenvalue weighted by Gasteiger charge is -2.33. The summed E-state index contributed by atoms with van der Waals surface area (Å²) in [5.74, 6) is 0.713. The summed E-state index contributed by atoms with van der Waals surface area (Å²) in [5.41, 5.74) is 1.31. The smallest absolute Gasteiger partial charge is 0.0623 e. The Balaban J connectivity index is 1.47. The number of hydrogen-bond acceptors (Lipinski definition) is 3. The molecule has 1 saturated carbocycles. The second-order valence-electron chi connectivity index (χ2n) is 6.17. The van der Waals surface area contributed by atoms with Crippen LogP contribution in [0.4, 0.5) is 0 Å². The van der Waals surface area contributed by atoms with E-state index < -0.39 is 0 Å². The van der Waals surface area contributed by atoms with E-state index in [1.807, 2.05) is 12.1 Å². The summed E-state index contributed by atoms with van der Waals surface area (Å²) in [6, 6.07) is 9.33. The molecule has 0 radical (unpaired) electrons. The molecule has 2 aliphatic rings. The van der Waals surface area contributed by atoms with Gasteiger partial charge in [-0.3, -0.25) is 0 Å². The predicted molar refractivity (Wildman–Crippen MR) is 86.9 cm³/mol. The van der Waals surface area contributed by atoms with Gasteiger partial charge in [-0.2, -0.15) is 0 Å². The molecule has 3 nitrogen and oxygen atoms in total. The van der Waals surface area contributed by atoms with Gasteiger partial charge in [-0.25, -0.2) is 0 Å². The Bertz CT molecular complexity index is 448. The fraction of sp³-hybridized carbons (Fsp3) is 0.647. The first kappa shape index (κ1) is 15.3. The van der Waals surface area contributed by atoms with Crippen molar-refractivity contribution in [3.05, 3.63) is 34.9 Å². The number of halogens is 1. The van der Waals surface area contributed by atoms with Crippen LogP contribution in [-0.4, -0.2) is 38.4 Å². The van der Waals surface area contributed by atoms with E-state index in [1.54, 1.807) is 0 Å². The second kappa shape index (κ2) is 7.59. The molecule has 1 aliphatic carbocycles. The van der Waals surface area contributed by atoms with Gasteiger partial charge in [0.2, 0.25) is 0 Å². The maximum atomic E-state index is 6.03. The molecule has 0 aromatic heterocycles. The van der Waals surface area contributed by atoms with Crippen LogP contribution in [0.2, 0.25) is 5.02 Å². The summed E-state index contributed by atoms with van der Waals surface area (Å²) in [6.45, 7) is 3.75. The SMILES string of the molecule is Clc1cccc(CCNC2CCCC2C2COCCN2)c1. The van der Waals surface area contributed by atoms with Gasteiger partial charge < -0.3 is 15.4 Å². The van der Waals surface area contributed by atoms with Crippen molar-refractivity contribution < 1.29 is 4.74 Å². The van der Waals surface area contributed by atoms with Crippen LogP contribution >= 0.6 is 11.6 Å². The maximum Gasteiger partial charge on any atom is 0.0623 e. The molecule has 4 heteroatoms. The van der Waals surface area contributed by atoms with Crippen molar-refractivity contribution in [2.45, 2.75) is 37.8 Å². The van der Waals surface area contributed by atoms with Gasteiger partial charge in [-0.1, -0.05) is 30.2 Å². The lowest BCUT2D eigenvalue weighted by molar-refractivity contribution is 0.0526. The molecular weight excluding hydrogens is 284 g/mol. The van der Waals surface area contributed by atoms with Gasteiger partial charge in [0, 0.05) is 23.7 Å². The molecule has 1 aromatic carbocycles. The van der Waals surface area contributed by atoms with Gasteiger partial charge in [0.05, 0.1) is 13.2 Å². The summed E-state index contributed by atoms with van der Waals surface area (Å²) in [7, 11) is 0. The zero-order chi connectivity index (χ0) is 14.5. The number of benzene rings is 1. The Morgan fingerprint density at radius 2 is 2.29 bits per heavy atom. The molecule has 2 N–H and O–H groups in total. The van der Waals surface area contributed by atoms with E-state index >= 15 is 0 Å². The highest BCUT2D eigenvalue weighted by Gasteiger charge is 2.34. The van der Waals surface area contributed by atoms with E-state index in [0.717, 1.165) is 37.7 Å². The van der Waals surface area contributed by atoms with Gasteiger partial charge in [-0.15, -0.1) is 0 Å². The van der Waals surface area contributed by atoms with Crippen molar-refractivity contribution in [2.24, 2.45) is 5.92 Å². The fourth-order valence-corrected chi connectivity index (χ4v) is 3.89. The van der Waals surface area contributed by atoms with Crippen LogP contribution in [0, 0.1) is 5.92 Å². The third-order valence-corrected chi connectivity index (χ3v) is 4.98. The van der Waals surface area contributed by atoms with Crippen LogP contribution in [-0.2, 0) is 11.2 Å². The van der Waals surface area contributed by atoms with Crippen LogP contribution in [0.5, 0.6) is 0 Å². The molecule has 0 bridgehead atoms. The van der Waals surface area contributed by atoms with Gasteiger partial charge >= 0.3 is 0 Å². The molecule has 21 heavy (non-hydrogen) atoms. The summed E-state index contributed by atoms with van der Waals surface area (Å²) < 4.78 is 5.62. The van der Waals surface area contributed by atoms with Crippen molar-refractivity contribution >= 4 is 11.6 Å². The average Bonchev–Trinajstić information content (AvgIpc) is 2.97. The minimum atomic E-state index is 0.532. The van der Waals surface area contributed by atoms with Crippen molar-refractivity contribution in [3.8, 4) is 0 Å². The summed E-state index contributed by atoms with van der Waals surface area (Å²) >= 11 is 6.03. The fourth-order valence-electron chi connectivity index (χ4n) is 3.68. The standard InChI is InChI=1S/C17H25ClN2O/c18-14-4-1-3-13(11-14)7-8-19-16-6-2-5-15(16)17-12-21-10-9-20-17/h1,3-4,11,15-17,19-20H,2,5-10,12H2. The summed E-state index contributed by atoms with van der Waals surface area (Å²) in [6.07, 6.45) is 4.98. The molecule has 1 saturated heterocycles. The van der Waals surface area contributed by atoms with Crippen LogP contribution in [0.1, 0.15) is 24.8 Å². The van der Waals surface area contributed by atoms with Crippen molar-refractivity contribution in [2.75, 3.05) is 26.3 Å². The zero-order valence-electron chi connectivity index (χ0n) is 12.5. The van der Waals surface area contributed by atoms with E-state index in [2.05, 4.69) is 22.8 Å². The minimum Gasteiger partial charge on any atom is -0.379 e. The van der Waals surface area contributed by atoms with Crippen molar-refractivity contribution in [3.63, 3.8) is 0 Å². The predicted octanol–water partition coefficient (Wildman–Crippen LogP) is 2.63. The molecule has 0 amide bonds. The molecule has 3 rings (SSSR count). The zero-order valence-corrected chi connectivity index (χ0v) is 13.2. The lowest BCUT2D eigenvalue weighted by atomic mass is 9.94. The Kier molecular flexibility index (Phi) is 5.53. The van der Waals surface area contributed by atoms with Gasteiger partial charge in [0.1, 0.15) is 0 Å². The molecule has 1 aliphatic heterocycles. The van der Waals surface area contributed by atoms with Crippen molar-refractivity contribution in [1.82, 2.24) is 10.6 Å². The highest BCUT2D eigenvalue weighted by atomic mass is 35.5. The third-order valence-electron chi connectivity index (χ3n) is 4.75.